The number of nitrogens with one attached hydrogen (secondary N) is 1. The molecular weight excluding hydrogens is 604 g/mol. The number of aliphatic carboxylic acids is 1. The van der Waals surface area contributed by atoms with Crippen LogP contribution in [0.5, 0.6) is 0 Å². The fourth-order valence-electron chi connectivity index (χ4n) is 4.88. The quantitative estimate of drug-likeness (QED) is 0.0335. The van der Waals surface area contributed by atoms with Crippen LogP contribution < -0.4 is 11.1 Å². The third kappa shape index (κ3) is 7.19. The first kappa shape index (κ1) is 35.6. The average molecular weight is 643 g/mol. The van der Waals surface area contributed by atoms with Crippen LogP contribution in [-0.4, -0.2) is 146 Å². The minimum Gasteiger partial charge on any atom is -0.478 e. The van der Waals surface area contributed by atoms with Gasteiger partial charge < -0.3 is 75.8 Å². The van der Waals surface area contributed by atoms with Gasteiger partial charge in [0.05, 0.1) is 37.5 Å². The number of β-amino-alcohol motifs (C(OH)–C–C–N with tert-alkyl or cyclic N) is 1. The molecule has 0 spiro atoms. The number of guanidine groups is 1. The molecule has 3 heterocycles. The molecule has 3 aliphatic heterocycles. The van der Waals surface area contributed by atoms with E-state index >= 15 is 0 Å². The maximum absolute atomic E-state index is 12.8. The number of carboxylic acids is 1. The Balaban J connectivity index is 2.10. The molecule has 18 heteroatoms. The molecule has 7 atom stereocenters. The third-order valence-corrected chi connectivity index (χ3v) is 7.38. The Hall–Kier alpha value is -3.85. The van der Waals surface area contributed by atoms with Crippen LogP contribution in [0.4, 0.5) is 0 Å². The van der Waals surface area contributed by atoms with Crippen LogP contribution in [0.15, 0.2) is 64.7 Å². The van der Waals surface area contributed by atoms with Gasteiger partial charge in [0.1, 0.15) is 29.6 Å². The van der Waals surface area contributed by atoms with Crippen molar-refractivity contribution in [3.05, 3.63) is 59.7 Å². The Morgan fingerprint density at radius 2 is 1.93 bits per heavy atom. The van der Waals surface area contributed by atoms with Gasteiger partial charge in [0, 0.05) is 26.3 Å². The van der Waals surface area contributed by atoms with Gasteiger partial charge in [-0.2, -0.15) is 0 Å². The second-order valence-electron chi connectivity index (χ2n) is 10.2. The van der Waals surface area contributed by atoms with Gasteiger partial charge in [0.15, 0.2) is 18.4 Å². The summed E-state index contributed by atoms with van der Waals surface area (Å²) < 4.78 is 21.2. The van der Waals surface area contributed by atoms with Crippen LogP contribution in [0.25, 0.3) is 0 Å². The van der Waals surface area contributed by atoms with Gasteiger partial charge in [0.2, 0.25) is 12.1 Å². The summed E-state index contributed by atoms with van der Waals surface area (Å²) in [5, 5.41) is 84.6. The molecule has 0 aromatic rings. The summed E-state index contributed by atoms with van der Waals surface area (Å²) in [6, 6.07) is 0. The molecule has 7 unspecified atom stereocenters. The zero-order valence-electron chi connectivity index (χ0n) is 24.4. The summed E-state index contributed by atoms with van der Waals surface area (Å²) in [6.45, 7) is 2.49. The second kappa shape index (κ2) is 14.5. The molecule has 11 N–H and O–H groups in total. The van der Waals surface area contributed by atoms with Crippen molar-refractivity contribution in [1.29, 1.82) is 0 Å². The van der Waals surface area contributed by atoms with Crippen LogP contribution >= 0.6 is 0 Å². The topological polar surface area (TPSA) is 287 Å². The van der Waals surface area contributed by atoms with E-state index in [0.29, 0.717) is 0 Å². The molecule has 0 aliphatic carbocycles. The average Bonchev–Trinajstić information content (AvgIpc) is 3.01. The molecule has 0 aromatic carbocycles. The molecule has 250 valence electrons. The first-order valence-corrected chi connectivity index (χ1v) is 13.4. The highest BCUT2D eigenvalue weighted by atomic mass is 16.8. The number of aliphatic hydroxyl groups excluding tert-OH is 4. The van der Waals surface area contributed by atoms with E-state index in [1.807, 2.05) is 0 Å². The highest BCUT2D eigenvalue weighted by Crippen LogP contribution is 2.40. The highest BCUT2D eigenvalue weighted by molar-refractivity contribution is 5.95. The van der Waals surface area contributed by atoms with Crippen molar-refractivity contribution < 1.29 is 69.4 Å². The molecule has 1 fully saturated rings. The van der Waals surface area contributed by atoms with E-state index in [2.05, 4.69) is 16.9 Å². The number of nitrogens with zero attached hydrogens (tertiary/aromatic N) is 2. The minimum absolute atomic E-state index is 0.00221. The molecule has 1 saturated heterocycles. The number of ether oxygens (including phenoxy) is 4. The maximum atomic E-state index is 12.8. The van der Waals surface area contributed by atoms with Gasteiger partial charge in [-0.3, -0.25) is 4.99 Å². The fourth-order valence-corrected chi connectivity index (χ4v) is 4.88. The SMILES string of the molecule is C=CC1C(OC2OC(CO)C(O)C(O)(O)C2O)OC=C(C(=O)OC)C1(O)C=CC1=C(NC(N)=NC)C(C(=O)O)=CN(CCO)C1. The van der Waals surface area contributed by atoms with Crippen LogP contribution in [0.1, 0.15) is 0 Å². The van der Waals surface area contributed by atoms with Crippen LogP contribution in [0, 0.1) is 5.92 Å². The van der Waals surface area contributed by atoms with Gasteiger partial charge in [0.25, 0.3) is 0 Å². The largest absolute Gasteiger partial charge is 0.478 e. The fraction of sp³-hybridized carbons (Fsp3) is 0.519. The zero-order chi connectivity index (χ0) is 33.7. The van der Waals surface area contributed by atoms with E-state index < -0.39 is 72.3 Å². The molecule has 45 heavy (non-hydrogen) atoms. The molecule has 3 aliphatic rings. The summed E-state index contributed by atoms with van der Waals surface area (Å²) in [4.78, 5) is 30.2. The van der Waals surface area contributed by atoms with Gasteiger partial charge in [-0.25, -0.2) is 9.59 Å². The molecule has 0 radical (unpaired) electrons. The van der Waals surface area contributed by atoms with Gasteiger partial charge in [-0.05, 0) is 11.6 Å². The van der Waals surface area contributed by atoms with Crippen molar-refractivity contribution in [1.82, 2.24) is 10.2 Å². The van der Waals surface area contributed by atoms with Crippen molar-refractivity contribution in [2.24, 2.45) is 16.6 Å². The monoisotopic (exact) mass is 642 g/mol. The molecule has 0 amide bonds. The summed E-state index contributed by atoms with van der Waals surface area (Å²) in [7, 11) is 2.41. The molecule has 0 aromatic heterocycles. The summed E-state index contributed by atoms with van der Waals surface area (Å²) in [5.74, 6) is -7.15. The number of carboxylic acid groups (broad SMARTS) is 1. The van der Waals surface area contributed by atoms with Crippen LogP contribution in [-0.2, 0) is 28.5 Å². The lowest BCUT2D eigenvalue weighted by molar-refractivity contribution is -0.405. The number of hydrogen-bond donors (Lipinski definition) is 10. The Labute approximate surface area is 256 Å². The number of hydrogen-bond acceptors (Lipinski definition) is 15. The van der Waals surface area contributed by atoms with E-state index in [1.165, 1.54) is 24.2 Å². The first-order chi connectivity index (χ1) is 21.2. The number of methoxy groups -OCH3 is 1. The summed E-state index contributed by atoms with van der Waals surface area (Å²) >= 11 is 0. The predicted octanol–water partition coefficient (Wildman–Crippen LogP) is -4.31. The van der Waals surface area contributed by atoms with Crippen molar-refractivity contribution in [3.63, 3.8) is 0 Å². The number of aliphatic hydroxyl groups is 7. The highest BCUT2D eigenvalue weighted by Gasteiger charge is 2.57. The summed E-state index contributed by atoms with van der Waals surface area (Å²) in [5.41, 5.74) is 2.93. The summed E-state index contributed by atoms with van der Waals surface area (Å²) in [6.07, 6.45) is -4.03. The standard InChI is InChI=1S/C27H38N4O14/c1-4-15-23(45-24-20(35)27(40,41)19(34)17(11-33)44-24)43-12-16(22(38)42-3)26(15,39)6-5-13-9-31(7-8-32)10-14(21(36)37)18(13)30-25(28)29-2/h4-6,10,12,15,17,19-20,23-24,32-35,39-41H,1,7-9,11H2,2-3H3,(H,36,37)(H3,28,29,30). The predicted molar refractivity (Wildman–Crippen MR) is 151 cm³/mol. The van der Waals surface area contributed by atoms with Crippen molar-refractivity contribution in [2.45, 2.75) is 42.3 Å². The van der Waals surface area contributed by atoms with Crippen molar-refractivity contribution >= 4 is 17.9 Å². The zero-order valence-corrected chi connectivity index (χ0v) is 24.4. The van der Waals surface area contributed by atoms with E-state index in [-0.39, 0.29) is 42.5 Å². The molecular formula is C27H38N4O14. The van der Waals surface area contributed by atoms with Crippen molar-refractivity contribution in [3.8, 4) is 0 Å². The van der Waals surface area contributed by atoms with Crippen LogP contribution in [0.2, 0.25) is 0 Å². The van der Waals surface area contributed by atoms with E-state index in [9.17, 15) is 50.4 Å². The number of aliphatic imine (C=N–C) groups is 1. The van der Waals surface area contributed by atoms with E-state index in [4.69, 9.17) is 24.7 Å². The number of rotatable bonds is 11. The lowest BCUT2D eigenvalue weighted by Gasteiger charge is -2.47. The van der Waals surface area contributed by atoms with Gasteiger partial charge in [-0.15, -0.1) is 6.58 Å². The normalized spacial score (nSPS) is 32.0. The van der Waals surface area contributed by atoms with E-state index in [0.717, 1.165) is 25.5 Å². The Morgan fingerprint density at radius 1 is 1.24 bits per heavy atom. The smallest absolute Gasteiger partial charge is 0.340 e. The third-order valence-electron chi connectivity index (χ3n) is 7.38. The number of carbonyl (C=O) groups excluding carboxylic acids is 1. The molecule has 3 rings (SSSR count). The number of carbonyl (C=O) groups is 2. The minimum atomic E-state index is -3.19. The maximum Gasteiger partial charge on any atom is 0.340 e. The first-order valence-electron chi connectivity index (χ1n) is 13.4. The van der Waals surface area contributed by atoms with Gasteiger partial charge in [-0.1, -0.05) is 12.2 Å². The number of esters is 1. The van der Waals surface area contributed by atoms with E-state index in [1.54, 1.807) is 0 Å². The Morgan fingerprint density at radius 3 is 2.49 bits per heavy atom. The van der Waals surface area contributed by atoms with Gasteiger partial charge >= 0.3 is 11.9 Å². The molecule has 0 saturated carbocycles. The van der Waals surface area contributed by atoms with Crippen molar-refractivity contribution in [2.75, 3.05) is 40.5 Å². The molecule has 0 bridgehead atoms. The Bertz CT molecular complexity index is 1290. The molecule has 18 nitrogen and oxygen atoms in total. The lowest BCUT2D eigenvalue weighted by atomic mass is 9.78. The van der Waals surface area contributed by atoms with Crippen LogP contribution in [0.3, 0.4) is 0 Å². The Kier molecular flexibility index (Phi) is 11.5. The second-order valence-corrected chi connectivity index (χ2v) is 10.2. The lowest BCUT2D eigenvalue weighted by Crippen LogP contribution is -2.68. The number of nitrogens with two attached hydrogens (primary N) is 1.